The molecule has 1 aliphatic heterocycles. The van der Waals surface area contributed by atoms with Crippen molar-refractivity contribution in [2.75, 3.05) is 0 Å². The third kappa shape index (κ3) is 0.827. The van der Waals surface area contributed by atoms with Gasteiger partial charge in [0.25, 0.3) is 0 Å². The molecule has 11 heavy (non-hydrogen) atoms. The molecule has 55 valence electrons. The van der Waals surface area contributed by atoms with Crippen molar-refractivity contribution in [1.29, 1.82) is 0 Å². The van der Waals surface area contributed by atoms with E-state index in [2.05, 4.69) is 6.07 Å². The van der Waals surface area contributed by atoms with Gasteiger partial charge in [-0.25, -0.2) is 4.79 Å². The Labute approximate surface area is 64.8 Å². The lowest BCUT2D eigenvalue weighted by molar-refractivity contribution is 0.0535. The maximum atomic E-state index is 11.0. The van der Waals surface area contributed by atoms with Crippen molar-refractivity contribution in [3.8, 4) is 0 Å². The van der Waals surface area contributed by atoms with Crippen molar-refractivity contribution < 1.29 is 9.53 Å². The standard InChI is InChI=1S/C9H7O2/c1-6-3-2-4-7-8(6)5-11-9(7)10/h2,4H,5H2,1H3. The molecule has 0 amide bonds. The van der Waals surface area contributed by atoms with E-state index in [1.807, 2.05) is 6.92 Å². The summed E-state index contributed by atoms with van der Waals surface area (Å²) in [4.78, 5) is 11.0. The molecule has 0 saturated carbocycles. The van der Waals surface area contributed by atoms with Gasteiger partial charge in [-0.1, -0.05) is 6.07 Å². The molecular weight excluding hydrogens is 140 g/mol. The van der Waals surface area contributed by atoms with Crippen LogP contribution in [0.2, 0.25) is 0 Å². The summed E-state index contributed by atoms with van der Waals surface area (Å²) in [6, 6.07) is 6.52. The van der Waals surface area contributed by atoms with Crippen molar-refractivity contribution in [1.82, 2.24) is 0 Å². The number of carbonyl (C=O) groups excluding carboxylic acids is 1. The molecule has 0 atom stereocenters. The molecule has 0 spiro atoms. The Balaban J connectivity index is 2.66. The van der Waals surface area contributed by atoms with Crippen LogP contribution in [0.1, 0.15) is 21.5 Å². The van der Waals surface area contributed by atoms with Crippen molar-refractivity contribution in [2.45, 2.75) is 13.5 Å². The van der Waals surface area contributed by atoms with Gasteiger partial charge in [-0.3, -0.25) is 0 Å². The zero-order chi connectivity index (χ0) is 7.84. The number of cyclic esters (lactones) is 1. The van der Waals surface area contributed by atoms with Gasteiger partial charge in [0, 0.05) is 5.56 Å². The highest BCUT2D eigenvalue weighted by Crippen LogP contribution is 2.21. The van der Waals surface area contributed by atoms with E-state index in [0.717, 1.165) is 11.1 Å². The molecule has 0 fully saturated rings. The summed E-state index contributed by atoms with van der Waals surface area (Å²) in [5, 5.41) is 0. The van der Waals surface area contributed by atoms with Crippen LogP contribution in [0.3, 0.4) is 0 Å². The first-order valence-electron chi connectivity index (χ1n) is 3.46. The maximum Gasteiger partial charge on any atom is 0.338 e. The third-order valence-corrected chi connectivity index (χ3v) is 1.90. The molecule has 2 heteroatoms. The van der Waals surface area contributed by atoms with E-state index in [1.165, 1.54) is 0 Å². The fourth-order valence-electron chi connectivity index (χ4n) is 1.23. The summed E-state index contributed by atoms with van der Waals surface area (Å²) in [5.41, 5.74) is 2.69. The van der Waals surface area contributed by atoms with E-state index in [0.29, 0.717) is 12.2 Å². The first-order valence-corrected chi connectivity index (χ1v) is 3.46. The average Bonchev–Trinajstić information content (AvgIpc) is 2.35. The van der Waals surface area contributed by atoms with Crippen LogP contribution in [0.25, 0.3) is 0 Å². The number of hydrogen-bond acceptors (Lipinski definition) is 2. The van der Waals surface area contributed by atoms with Crippen molar-refractivity contribution in [3.63, 3.8) is 0 Å². The SMILES string of the molecule is Cc1[c]ccc2c1COC2=O. The number of rotatable bonds is 0. The molecule has 0 unspecified atom stereocenters. The molecule has 1 aliphatic rings. The predicted octanol–water partition coefficient (Wildman–Crippen LogP) is 1.47. The normalized spacial score (nSPS) is 14.5. The quantitative estimate of drug-likeness (QED) is 0.519. The van der Waals surface area contributed by atoms with Crippen molar-refractivity contribution in [3.05, 3.63) is 34.9 Å². The maximum absolute atomic E-state index is 11.0. The van der Waals surface area contributed by atoms with Gasteiger partial charge in [0.2, 0.25) is 0 Å². The van der Waals surface area contributed by atoms with Crippen LogP contribution in [-0.2, 0) is 11.3 Å². The fourth-order valence-corrected chi connectivity index (χ4v) is 1.23. The molecule has 2 nitrogen and oxygen atoms in total. The molecule has 0 aliphatic carbocycles. The Hall–Kier alpha value is -1.31. The lowest BCUT2D eigenvalue weighted by Crippen LogP contribution is -1.93. The molecular formula is C9H7O2. The second-order valence-electron chi connectivity index (χ2n) is 2.57. The smallest absolute Gasteiger partial charge is 0.338 e. The highest BCUT2D eigenvalue weighted by molar-refractivity contribution is 5.93. The van der Waals surface area contributed by atoms with E-state index in [1.54, 1.807) is 12.1 Å². The topological polar surface area (TPSA) is 26.3 Å². The van der Waals surface area contributed by atoms with Crippen LogP contribution in [0.4, 0.5) is 0 Å². The van der Waals surface area contributed by atoms with E-state index in [9.17, 15) is 4.79 Å². The van der Waals surface area contributed by atoms with E-state index >= 15 is 0 Å². The Bertz CT molecular complexity index is 315. The van der Waals surface area contributed by atoms with E-state index in [4.69, 9.17) is 4.74 Å². The number of hydrogen-bond donors (Lipinski definition) is 0. The number of aryl methyl sites for hydroxylation is 1. The summed E-state index contributed by atoms with van der Waals surface area (Å²) in [5.74, 6) is -0.211. The first-order chi connectivity index (χ1) is 5.29. The minimum atomic E-state index is -0.211. The summed E-state index contributed by atoms with van der Waals surface area (Å²) >= 11 is 0. The van der Waals surface area contributed by atoms with Crippen LogP contribution in [0, 0.1) is 13.0 Å². The van der Waals surface area contributed by atoms with Crippen LogP contribution in [0.15, 0.2) is 12.1 Å². The van der Waals surface area contributed by atoms with Gasteiger partial charge in [-0.15, -0.1) is 0 Å². The Morgan fingerprint density at radius 2 is 2.45 bits per heavy atom. The van der Waals surface area contributed by atoms with Gasteiger partial charge in [-0.2, -0.15) is 0 Å². The minimum absolute atomic E-state index is 0.211. The third-order valence-electron chi connectivity index (χ3n) is 1.90. The second kappa shape index (κ2) is 2.09. The van der Waals surface area contributed by atoms with E-state index < -0.39 is 0 Å². The average molecular weight is 147 g/mol. The molecule has 2 rings (SSSR count). The Kier molecular flexibility index (Phi) is 1.22. The molecule has 0 bridgehead atoms. The number of benzene rings is 1. The van der Waals surface area contributed by atoms with Crippen LogP contribution in [0.5, 0.6) is 0 Å². The largest absolute Gasteiger partial charge is 0.457 e. The fraction of sp³-hybridized carbons (Fsp3) is 0.222. The van der Waals surface area contributed by atoms with E-state index in [-0.39, 0.29) is 5.97 Å². The highest BCUT2D eigenvalue weighted by Gasteiger charge is 2.21. The molecule has 1 aromatic rings. The van der Waals surface area contributed by atoms with Gasteiger partial charge < -0.3 is 4.74 Å². The van der Waals surface area contributed by atoms with Crippen molar-refractivity contribution >= 4 is 5.97 Å². The molecule has 0 N–H and O–H groups in total. The Morgan fingerprint density at radius 3 is 3.18 bits per heavy atom. The number of fused-ring (bicyclic) bond motifs is 1. The Morgan fingerprint density at radius 1 is 1.64 bits per heavy atom. The van der Waals surface area contributed by atoms with Gasteiger partial charge in [-0.05, 0) is 24.6 Å². The molecule has 0 saturated heterocycles. The van der Waals surface area contributed by atoms with Gasteiger partial charge >= 0.3 is 5.97 Å². The number of esters is 1. The molecule has 1 radical (unpaired) electrons. The lowest BCUT2D eigenvalue weighted by atomic mass is 10.1. The number of ether oxygens (including phenoxy) is 1. The summed E-state index contributed by atoms with van der Waals surface area (Å²) in [6.07, 6.45) is 0. The second-order valence-corrected chi connectivity index (χ2v) is 2.57. The molecule has 1 aromatic carbocycles. The van der Waals surface area contributed by atoms with Gasteiger partial charge in [0.15, 0.2) is 0 Å². The summed E-state index contributed by atoms with van der Waals surface area (Å²) < 4.78 is 4.85. The van der Waals surface area contributed by atoms with Crippen LogP contribution < -0.4 is 0 Å². The lowest BCUT2D eigenvalue weighted by Gasteiger charge is -1.95. The highest BCUT2D eigenvalue weighted by atomic mass is 16.5. The van der Waals surface area contributed by atoms with Gasteiger partial charge in [0.1, 0.15) is 6.61 Å². The minimum Gasteiger partial charge on any atom is -0.457 e. The van der Waals surface area contributed by atoms with Crippen LogP contribution >= 0.6 is 0 Å². The zero-order valence-electron chi connectivity index (χ0n) is 6.18. The zero-order valence-corrected chi connectivity index (χ0v) is 6.18. The predicted molar refractivity (Wildman–Crippen MR) is 39.1 cm³/mol. The number of carbonyl (C=O) groups is 1. The van der Waals surface area contributed by atoms with Crippen LogP contribution in [-0.4, -0.2) is 5.97 Å². The monoisotopic (exact) mass is 147 g/mol. The van der Waals surface area contributed by atoms with Crippen molar-refractivity contribution in [2.24, 2.45) is 0 Å². The first kappa shape index (κ1) is 6.40. The molecule has 0 aromatic heterocycles. The molecule has 1 heterocycles. The summed E-state index contributed by atoms with van der Waals surface area (Å²) in [6.45, 7) is 2.35. The summed E-state index contributed by atoms with van der Waals surface area (Å²) in [7, 11) is 0. The van der Waals surface area contributed by atoms with Gasteiger partial charge in [0.05, 0.1) is 5.56 Å².